The molecule has 1 heterocycles. The van der Waals surface area contributed by atoms with E-state index in [-0.39, 0.29) is 13.2 Å². The number of aliphatic carboxylic acids is 1. The molecule has 5 heteroatoms. The molecule has 0 bridgehead atoms. The quantitative estimate of drug-likeness (QED) is 0.603. The largest absolute Gasteiger partial charge is 0.480 e. The van der Waals surface area contributed by atoms with Crippen LogP contribution in [0.5, 0.6) is 0 Å². The van der Waals surface area contributed by atoms with Gasteiger partial charge >= 0.3 is 5.97 Å². The zero-order chi connectivity index (χ0) is 9.68. The van der Waals surface area contributed by atoms with Crippen molar-refractivity contribution >= 4 is 5.97 Å². The molecule has 1 atom stereocenters. The molecule has 5 nitrogen and oxygen atoms in total. The van der Waals surface area contributed by atoms with Crippen LogP contribution in [0.1, 0.15) is 6.42 Å². The number of morpholine rings is 1. The van der Waals surface area contributed by atoms with E-state index in [2.05, 4.69) is 0 Å². The summed E-state index contributed by atoms with van der Waals surface area (Å²) in [6.45, 7) is 2.19. The van der Waals surface area contributed by atoms with Gasteiger partial charge < -0.3 is 14.9 Å². The van der Waals surface area contributed by atoms with Gasteiger partial charge in [-0.25, -0.2) is 0 Å². The van der Waals surface area contributed by atoms with Gasteiger partial charge in [-0.05, 0) is 6.42 Å². The van der Waals surface area contributed by atoms with Crippen molar-refractivity contribution in [3.8, 4) is 0 Å². The summed E-state index contributed by atoms with van der Waals surface area (Å²) in [5.74, 6) is -0.849. The Morgan fingerprint density at radius 3 is 3.00 bits per heavy atom. The average Bonchev–Trinajstić information content (AvgIpc) is 2.15. The first kappa shape index (κ1) is 10.4. The predicted octanol–water partition coefficient (Wildman–Crippen LogP) is -0.846. The second kappa shape index (κ2) is 5.16. The maximum Gasteiger partial charge on any atom is 0.323 e. The van der Waals surface area contributed by atoms with Crippen LogP contribution < -0.4 is 0 Å². The highest BCUT2D eigenvalue weighted by Crippen LogP contribution is 2.07. The maximum atomic E-state index is 10.7. The van der Waals surface area contributed by atoms with Gasteiger partial charge in [0, 0.05) is 19.7 Å². The molecule has 1 aliphatic heterocycles. The Balaban J connectivity index is 2.41. The lowest BCUT2D eigenvalue weighted by atomic mass is 10.2. The molecule has 0 radical (unpaired) electrons. The van der Waals surface area contributed by atoms with Gasteiger partial charge in [-0.2, -0.15) is 0 Å². The van der Waals surface area contributed by atoms with E-state index in [0.29, 0.717) is 26.1 Å². The summed E-state index contributed by atoms with van der Waals surface area (Å²) < 4.78 is 5.07. The first-order valence-electron chi connectivity index (χ1n) is 4.41. The van der Waals surface area contributed by atoms with Gasteiger partial charge in [0.25, 0.3) is 0 Å². The van der Waals surface area contributed by atoms with Crippen LogP contribution in [0.2, 0.25) is 0 Å². The normalized spacial score (nSPS) is 24.5. The molecule has 0 aromatic heterocycles. The molecule has 1 aliphatic rings. The summed E-state index contributed by atoms with van der Waals surface area (Å²) in [6.07, 6.45) is 0.615. The Kier molecular flexibility index (Phi) is 4.14. The molecule has 0 amide bonds. The molecular formula is C8H15NO4. The van der Waals surface area contributed by atoms with Crippen molar-refractivity contribution in [1.82, 2.24) is 4.90 Å². The second-order valence-electron chi connectivity index (χ2n) is 3.04. The lowest BCUT2D eigenvalue weighted by molar-refractivity contribution is -0.149. The third-order valence-corrected chi connectivity index (χ3v) is 2.13. The van der Waals surface area contributed by atoms with Crippen LogP contribution in [0.25, 0.3) is 0 Å². The van der Waals surface area contributed by atoms with E-state index in [4.69, 9.17) is 14.9 Å². The number of carboxylic acid groups (broad SMARTS) is 1. The van der Waals surface area contributed by atoms with Gasteiger partial charge in [-0.3, -0.25) is 9.69 Å². The highest BCUT2D eigenvalue weighted by Gasteiger charge is 2.28. The van der Waals surface area contributed by atoms with Crippen molar-refractivity contribution in [3.05, 3.63) is 0 Å². The van der Waals surface area contributed by atoms with E-state index in [0.717, 1.165) is 0 Å². The van der Waals surface area contributed by atoms with E-state index in [1.54, 1.807) is 0 Å². The SMILES string of the molecule is O=C(O)C1COCCN1CCCO. The zero-order valence-corrected chi connectivity index (χ0v) is 7.48. The minimum Gasteiger partial charge on any atom is -0.480 e. The monoisotopic (exact) mass is 189 g/mol. The van der Waals surface area contributed by atoms with Crippen LogP contribution >= 0.6 is 0 Å². The number of carbonyl (C=O) groups is 1. The number of aliphatic hydroxyl groups is 1. The molecule has 1 fully saturated rings. The van der Waals surface area contributed by atoms with Crippen molar-refractivity contribution in [2.45, 2.75) is 12.5 Å². The van der Waals surface area contributed by atoms with Gasteiger partial charge in [-0.15, -0.1) is 0 Å². The van der Waals surface area contributed by atoms with Crippen molar-refractivity contribution in [2.75, 3.05) is 32.9 Å². The fourth-order valence-corrected chi connectivity index (χ4v) is 1.41. The smallest absolute Gasteiger partial charge is 0.323 e. The number of carboxylic acids is 1. The van der Waals surface area contributed by atoms with E-state index < -0.39 is 12.0 Å². The van der Waals surface area contributed by atoms with E-state index >= 15 is 0 Å². The van der Waals surface area contributed by atoms with E-state index in [1.165, 1.54) is 0 Å². The highest BCUT2D eigenvalue weighted by atomic mass is 16.5. The molecule has 1 unspecified atom stereocenters. The first-order chi connectivity index (χ1) is 6.25. The summed E-state index contributed by atoms with van der Waals surface area (Å²) in [5, 5.41) is 17.4. The van der Waals surface area contributed by atoms with Gasteiger partial charge in [0.05, 0.1) is 13.2 Å². The Morgan fingerprint density at radius 1 is 1.62 bits per heavy atom. The topological polar surface area (TPSA) is 70.0 Å². The van der Waals surface area contributed by atoms with Crippen LogP contribution in [0.3, 0.4) is 0 Å². The zero-order valence-electron chi connectivity index (χ0n) is 7.48. The Bertz CT molecular complexity index is 174. The first-order valence-corrected chi connectivity index (χ1v) is 4.41. The minimum absolute atomic E-state index is 0.101. The number of hydrogen-bond donors (Lipinski definition) is 2. The molecule has 0 aromatic carbocycles. The number of hydrogen-bond acceptors (Lipinski definition) is 4. The third-order valence-electron chi connectivity index (χ3n) is 2.13. The fourth-order valence-electron chi connectivity index (χ4n) is 1.41. The lowest BCUT2D eigenvalue weighted by Gasteiger charge is -2.32. The summed E-state index contributed by atoms with van der Waals surface area (Å²) in [6, 6.07) is -0.541. The third kappa shape index (κ3) is 2.95. The summed E-state index contributed by atoms with van der Waals surface area (Å²) in [4.78, 5) is 12.6. The molecule has 0 saturated carbocycles. The average molecular weight is 189 g/mol. The van der Waals surface area contributed by atoms with Crippen LogP contribution in [0.4, 0.5) is 0 Å². The lowest BCUT2D eigenvalue weighted by Crippen LogP contribution is -2.50. The summed E-state index contributed by atoms with van der Waals surface area (Å²) in [7, 11) is 0. The maximum absolute atomic E-state index is 10.7. The van der Waals surface area contributed by atoms with Gasteiger partial charge in [-0.1, -0.05) is 0 Å². The van der Waals surface area contributed by atoms with Crippen molar-refractivity contribution in [2.24, 2.45) is 0 Å². The molecule has 0 aromatic rings. The number of ether oxygens (including phenoxy) is 1. The predicted molar refractivity (Wildman–Crippen MR) is 45.5 cm³/mol. The Hall–Kier alpha value is -0.650. The van der Waals surface area contributed by atoms with Crippen molar-refractivity contribution in [1.29, 1.82) is 0 Å². The van der Waals surface area contributed by atoms with E-state index in [1.807, 2.05) is 4.90 Å². The van der Waals surface area contributed by atoms with Crippen LogP contribution in [0.15, 0.2) is 0 Å². The van der Waals surface area contributed by atoms with E-state index in [9.17, 15) is 4.79 Å². The molecule has 0 aliphatic carbocycles. The highest BCUT2D eigenvalue weighted by molar-refractivity contribution is 5.73. The Labute approximate surface area is 76.9 Å². The molecule has 13 heavy (non-hydrogen) atoms. The van der Waals surface area contributed by atoms with Crippen LogP contribution in [-0.2, 0) is 9.53 Å². The number of rotatable bonds is 4. The fraction of sp³-hybridized carbons (Fsp3) is 0.875. The number of nitrogens with zero attached hydrogens (tertiary/aromatic N) is 1. The molecule has 1 saturated heterocycles. The molecule has 1 rings (SSSR count). The Morgan fingerprint density at radius 2 is 2.38 bits per heavy atom. The summed E-state index contributed by atoms with van der Waals surface area (Å²) >= 11 is 0. The van der Waals surface area contributed by atoms with Gasteiger partial charge in [0.1, 0.15) is 6.04 Å². The van der Waals surface area contributed by atoms with Gasteiger partial charge in [0.15, 0.2) is 0 Å². The van der Waals surface area contributed by atoms with Crippen LogP contribution in [-0.4, -0.2) is 60.0 Å². The molecule has 2 N–H and O–H groups in total. The molecular weight excluding hydrogens is 174 g/mol. The molecule has 0 spiro atoms. The second-order valence-corrected chi connectivity index (χ2v) is 3.04. The molecule has 76 valence electrons. The van der Waals surface area contributed by atoms with Gasteiger partial charge in [0.2, 0.25) is 0 Å². The summed E-state index contributed by atoms with van der Waals surface area (Å²) in [5.41, 5.74) is 0. The van der Waals surface area contributed by atoms with Crippen molar-refractivity contribution in [3.63, 3.8) is 0 Å². The van der Waals surface area contributed by atoms with Crippen LogP contribution in [0, 0.1) is 0 Å². The van der Waals surface area contributed by atoms with Crippen molar-refractivity contribution < 1.29 is 19.7 Å². The minimum atomic E-state index is -0.849. The standard InChI is InChI=1S/C8H15NO4/c10-4-1-2-9-3-5-13-6-7(9)8(11)12/h7,10H,1-6H2,(H,11,12). The number of aliphatic hydroxyl groups excluding tert-OH is 1.